The molecule has 0 aliphatic carbocycles. The minimum atomic E-state index is -4.82. The maximum Gasteiger partial charge on any atom is 0.418 e. The molecule has 0 saturated heterocycles. The Morgan fingerprint density at radius 2 is 1.74 bits per heavy atom. The molecule has 150 valence electrons. The Labute approximate surface area is 158 Å². The molecule has 0 bridgehead atoms. The largest absolute Gasteiger partial charge is 0.418 e. The molecule has 1 aromatic rings. The van der Waals surface area contributed by atoms with Gasteiger partial charge in [0.2, 0.25) is 0 Å². The number of nitrogens with zero attached hydrogens (tertiary/aromatic N) is 1. The Bertz CT molecular complexity index is 764. The fourth-order valence-electron chi connectivity index (χ4n) is 3.96. The molecule has 1 unspecified atom stereocenters. The third-order valence-corrected chi connectivity index (χ3v) is 4.97. The van der Waals surface area contributed by atoms with Gasteiger partial charge >= 0.3 is 6.18 Å². The van der Waals surface area contributed by atoms with Crippen LogP contribution < -0.4 is 0 Å². The lowest BCUT2D eigenvalue weighted by molar-refractivity contribution is -0.269. The molecular formula is C21H27F4NO. The van der Waals surface area contributed by atoms with E-state index < -0.39 is 36.0 Å². The molecule has 1 aliphatic rings. The van der Waals surface area contributed by atoms with E-state index in [2.05, 4.69) is 0 Å². The minimum Gasteiger partial charge on any atom is -0.379 e. The van der Waals surface area contributed by atoms with Crippen LogP contribution in [0.25, 0.3) is 0 Å². The van der Waals surface area contributed by atoms with E-state index in [9.17, 15) is 22.7 Å². The summed E-state index contributed by atoms with van der Waals surface area (Å²) >= 11 is 0. The lowest BCUT2D eigenvalue weighted by atomic mass is 9.73. The number of aliphatic hydroxyl groups is 1. The second-order valence-corrected chi connectivity index (χ2v) is 8.32. The Morgan fingerprint density at radius 3 is 2.30 bits per heavy atom. The first-order chi connectivity index (χ1) is 12.2. The molecule has 1 N–H and O–H groups in total. The molecule has 0 fully saturated rings. The average Bonchev–Trinajstić information content (AvgIpc) is 2.46. The summed E-state index contributed by atoms with van der Waals surface area (Å²) in [5, 5.41) is 10.7. The van der Waals surface area contributed by atoms with Gasteiger partial charge in [-0.3, -0.25) is 0 Å². The van der Waals surface area contributed by atoms with Gasteiger partial charge in [0.25, 0.3) is 0 Å². The summed E-state index contributed by atoms with van der Waals surface area (Å²) < 4.78 is 55.4. The van der Waals surface area contributed by atoms with Crippen molar-refractivity contribution >= 4 is 0 Å². The highest BCUT2D eigenvalue weighted by Gasteiger charge is 2.56. The SMILES string of the molecule is CC1=CN(CC(O)(CC(C)(C)c2cc(F)ccc2C)C(F)(F)F)CC(C)=C1. The quantitative estimate of drug-likeness (QED) is 0.699. The number of rotatable bonds is 5. The molecule has 27 heavy (non-hydrogen) atoms. The van der Waals surface area contributed by atoms with Crippen LogP contribution in [0.4, 0.5) is 17.6 Å². The fraction of sp³-hybridized carbons (Fsp3) is 0.524. The highest BCUT2D eigenvalue weighted by molar-refractivity contribution is 5.34. The van der Waals surface area contributed by atoms with Crippen LogP contribution in [0.5, 0.6) is 0 Å². The van der Waals surface area contributed by atoms with Gasteiger partial charge in [-0.25, -0.2) is 4.39 Å². The van der Waals surface area contributed by atoms with E-state index in [-0.39, 0.29) is 0 Å². The molecule has 2 nitrogen and oxygen atoms in total. The van der Waals surface area contributed by atoms with Crippen LogP contribution in [0.15, 0.2) is 41.6 Å². The summed E-state index contributed by atoms with van der Waals surface area (Å²) in [7, 11) is 0. The van der Waals surface area contributed by atoms with Gasteiger partial charge < -0.3 is 10.0 Å². The maximum absolute atomic E-state index is 13.9. The van der Waals surface area contributed by atoms with Gasteiger partial charge in [-0.1, -0.05) is 31.6 Å². The van der Waals surface area contributed by atoms with Crippen molar-refractivity contribution in [1.29, 1.82) is 0 Å². The monoisotopic (exact) mass is 385 g/mol. The highest BCUT2D eigenvalue weighted by Crippen LogP contribution is 2.42. The number of β-amino-alcohol motifs (C(OH)–C–C–N with tert-alkyl or cyclic N) is 1. The van der Waals surface area contributed by atoms with Gasteiger partial charge in [-0.05, 0) is 61.4 Å². The number of benzene rings is 1. The van der Waals surface area contributed by atoms with Crippen molar-refractivity contribution in [3.8, 4) is 0 Å². The lowest BCUT2D eigenvalue weighted by Crippen LogP contribution is -2.55. The molecule has 1 heterocycles. The third-order valence-electron chi connectivity index (χ3n) is 4.97. The second kappa shape index (κ2) is 7.30. The summed E-state index contributed by atoms with van der Waals surface area (Å²) in [6.07, 6.45) is -1.85. The normalized spacial score (nSPS) is 18.1. The van der Waals surface area contributed by atoms with Gasteiger partial charge in [0.05, 0.1) is 6.54 Å². The van der Waals surface area contributed by atoms with E-state index >= 15 is 0 Å². The van der Waals surface area contributed by atoms with Crippen LogP contribution in [-0.2, 0) is 5.41 Å². The molecule has 0 amide bonds. The van der Waals surface area contributed by atoms with Crippen LogP contribution in [0.1, 0.15) is 45.2 Å². The van der Waals surface area contributed by atoms with E-state index in [1.165, 1.54) is 17.0 Å². The zero-order valence-electron chi connectivity index (χ0n) is 16.4. The maximum atomic E-state index is 13.9. The molecule has 0 saturated carbocycles. The standard InChI is InChI=1S/C21H27F4NO/c1-14-8-15(2)11-26(10-14)13-20(27,21(23,24)25)12-19(4,5)18-9-17(22)7-6-16(18)3/h6-10,27H,11-13H2,1-5H3. The molecule has 6 heteroatoms. The smallest absolute Gasteiger partial charge is 0.379 e. The zero-order valence-corrected chi connectivity index (χ0v) is 16.4. The van der Waals surface area contributed by atoms with Crippen molar-refractivity contribution in [3.63, 3.8) is 0 Å². The van der Waals surface area contributed by atoms with E-state index in [1.807, 2.05) is 19.9 Å². The summed E-state index contributed by atoms with van der Waals surface area (Å²) in [5.74, 6) is -0.505. The number of hydrogen-bond donors (Lipinski definition) is 1. The van der Waals surface area contributed by atoms with E-state index in [1.54, 1.807) is 33.0 Å². The van der Waals surface area contributed by atoms with E-state index in [0.717, 1.165) is 11.1 Å². The first-order valence-electron chi connectivity index (χ1n) is 8.89. The molecular weight excluding hydrogens is 358 g/mol. The van der Waals surface area contributed by atoms with Crippen molar-refractivity contribution in [3.05, 3.63) is 58.6 Å². The number of allylic oxidation sites excluding steroid dienone is 2. The van der Waals surface area contributed by atoms with Crippen molar-refractivity contribution in [2.45, 2.75) is 58.2 Å². The highest BCUT2D eigenvalue weighted by atomic mass is 19.4. The molecule has 0 aromatic heterocycles. The predicted molar refractivity (Wildman–Crippen MR) is 98.9 cm³/mol. The molecule has 1 aromatic carbocycles. The average molecular weight is 385 g/mol. The predicted octanol–water partition coefficient (Wildman–Crippen LogP) is 5.26. The minimum absolute atomic E-state index is 0.329. The van der Waals surface area contributed by atoms with Gasteiger partial charge in [-0.15, -0.1) is 0 Å². The van der Waals surface area contributed by atoms with Crippen LogP contribution in [0.3, 0.4) is 0 Å². The third kappa shape index (κ3) is 4.92. The van der Waals surface area contributed by atoms with Crippen molar-refractivity contribution in [2.75, 3.05) is 13.1 Å². The van der Waals surface area contributed by atoms with E-state index in [4.69, 9.17) is 0 Å². The second-order valence-electron chi connectivity index (χ2n) is 8.32. The number of alkyl halides is 3. The zero-order chi connectivity index (χ0) is 20.6. The van der Waals surface area contributed by atoms with Crippen LogP contribution in [0.2, 0.25) is 0 Å². The van der Waals surface area contributed by atoms with Crippen LogP contribution in [-0.4, -0.2) is 34.9 Å². The van der Waals surface area contributed by atoms with Crippen LogP contribution >= 0.6 is 0 Å². The number of aryl methyl sites for hydroxylation is 1. The first-order valence-corrected chi connectivity index (χ1v) is 8.89. The first kappa shape index (κ1) is 21.5. The topological polar surface area (TPSA) is 23.5 Å². The Kier molecular flexibility index (Phi) is 5.81. The Morgan fingerprint density at radius 1 is 1.11 bits per heavy atom. The van der Waals surface area contributed by atoms with Crippen molar-refractivity contribution < 1.29 is 22.7 Å². The van der Waals surface area contributed by atoms with Gasteiger partial charge in [0.15, 0.2) is 5.60 Å². The molecule has 1 aliphatic heterocycles. The number of halogens is 4. The molecule has 0 spiro atoms. The molecule has 2 rings (SSSR count). The van der Waals surface area contributed by atoms with Gasteiger partial charge in [-0.2, -0.15) is 13.2 Å². The van der Waals surface area contributed by atoms with E-state index in [0.29, 0.717) is 17.7 Å². The molecule has 0 radical (unpaired) electrons. The number of hydrogen-bond acceptors (Lipinski definition) is 2. The lowest BCUT2D eigenvalue weighted by Gasteiger charge is -2.41. The summed E-state index contributed by atoms with van der Waals surface area (Å²) in [6, 6.07) is 4.08. The van der Waals surface area contributed by atoms with Crippen LogP contribution in [0, 0.1) is 12.7 Å². The fourth-order valence-corrected chi connectivity index (χ4v) is 3.96. The molecule has 1 atom stereocenters. The Hall–Kier alpha value is -1.82. The van der Waals surface area contributed by atoms with Crippen molar-refractivity contribution in [2.24, 2.45) is 0 Å². The summed E-state index contributed by atoms with van der Waals surface area (Å²) in [5.41, 5.74) is -1.08. The summed E-state index contributed by atoms with van der Waals surface area (Å²) in [4.78, 5) is 1.49. The van der Waals surface area contributed by atoms with Crippen molar-refractivity contribution in [1.82, 2.24) is 4.90 Å². The summed E-state index contributed by atoms with van der Waals surface area (Å²) in [6.45, 7) is 8.35. The Balaban J connectivity index is 2.36. The van der Waals surface area contributed by atoms with Gasteiger partial charge in [0.1, 0.15) is 5.82 Å². The van der Waals surface area contributed by atoms with Gasteiger partial charge in [0, 0.05) is 12.7 Å².